The fourth-order valence-electron chi connectivity index (χ4n) is 6.97. The van der Waals surface area contributed by atoms with Gasteiger partial charge in [0.15, 0.2) is 5.60 Å². The van der Waals surface area contributed by atoms with Crippen LogP contribution in [0, 0.1) is 0 Å². The Morgan fingerprint density at radius 2 is 1.56 bits per heavy atom. The zero-order chi connectivity index (χ0) is 42.3. The van der Waals surface area contributed by atoms with Crippen LogP contribution in [0.4, 0.5) is 0 Å². The SMILES string of the molecule is COC(=O)CCNC(=O)C1(N2CCCCC2=O)CCN(CC[C@H](CN(C)C(=O)c2ccccc2)c2ccc(Cl)c(Cl)c2)CC1.O=C(O)CC(O)(CC(=O)O)C(=O)O. The summed E-state index contributed by atoms with van der Waals surface area (Å²) in [6, 6.07) is 14.8. The van der Waals surface area contributed by atoms with Crippen molar-refractivity contribution in [3.63, 3.8) is 0 Å². The van der Waals surface area contributed by atoms with Crippen LogP contribution in [0.2, 0.25) is 10.0 Å². The Kier molecular flexibility index (Phi) is 17.7. The molecular formula is C39H50Cl2N4O12. The number of nitrogens with one attached hydrogen (secondary N) is 1. The first kappa shape index (κ1) is 46.6. The zero-order valence-corrected chi connectivity index (χ0v) is 33.5. The van der Waals surface area contributed by atoms with Gasteiger partial charge >= 0.3 is 23.9 Å². The van der Waals surface area contributed by atoms with E-state index in [4.69, 9.17) is 48.4 Å². The van der Waals surface area contributed by atoms with Gasteiger partial charge in [0.2, 0.25) is 11.8 Å². The normalized spacial score (nSPS) is 16.0. The number of amides is 3. The number of piperidine rings is 2. The van der Waals surface area contributed by atoms with Crippen molar-refractivity contribution in [3.8, 4) is 0 Å². The first-order valence-electron chi connectivity index (χ1n) is 18.4. The van der Waals surface area contributed by atoms with Gasteiger partial charge in [0.25, 0.3) is 5.91 Å². The second kappa shape index (κ2) is 21.7. The van der Waals surface area contributed by atoms with Gasteiger partial charge in [-0.3, -0.25) is 28.8 Å². The topological polar surface area (TPSA) is 231 Å². The Hall–Kier alpha value is -4.77. The summed E-state index contributed by atoms with van der Waals surface area (Å²) < 4.78 is 4.70. The smallest absolute Gasteiger partial charge is 0.336 e. The number of benzene rings is 2. The van der Waals surface area contributed by atoms with Crippen molar-refractivity contribution in [2.45, 2.75) is 74.8 Å². The summed E-state index contributed by atoms with van der Waals surface area (Å²) in [6.07, 6.45) is 1.71. The van der Waals surface area contributed by atoms with E-state index in [1.807, 2.05) is 49.5 Å². The van der Waals surface area contributed by atoms with Gasteiger partial charge < -0.3 is 45.2 Å². The molecule has 4 rings (SSSR count). The second-order valence-electron chi connectivity index (χ2n) is 14.1. The number of esters is 1. The lowest BCUT2D eigenvalue weighted by molar-refractivity contribution is -0.170. The number of hydrogen-bond donors (Lipinski definition) is 5. The molecule has 2 saturated heterocycles. The van der Waals surface area contributed by atoms with Crippen molar-refractivity contribution in [1.82, 2.24) is 20.0 Å². The van der Waals surface area contributed by atoms with Crippen LogP contribution in [0.25, 0.3) is 0 Å². The number of halogens is 2. The van der Waals surface area contributed by atoms with E-state index < -0.39 is 47.9 Å². The minimum Gasteiger partial charge on any atom is -0.481 e. The third-order valence-electron chi connectivity index (χ3n) is 10.1. The number of carbonyl (C=O) groups excluding carboxylic acids is 4. The van der Waals surface area contributed by atoms with Crippen molar-refractivity contribution < 1.29 is 58.7 Å². The van der Waals surface area contributed by atoms with Crippen molar-refractivity contribution in [3.05, 3.63) is 69.7 Å². The average Bonchev–Trinajstić information content (AvgIpc) is 3.17. The highest BCUT2D eigenvalue weighted by Gasteiger charge is 2.48. The molecule has 2 aromatic carbocycles. The van der Waals surface area contributed by atoms with Crippen molar-refractivity contribution in [2.24, 2.45) is 0 Å². The fourth-order valence-corrected chi connectivity index (χ4v) is 7.27. The number of carboxylic acid groups (broad SMARTS) is 3. The predicted octanol–water partition coefficient (Wildman–Crippen LogP) is 3.52. The van der Waals surface area contributed by atoms with Crippen LogP contribution in [0.15, 0.2) is 48.5 Å². The number of aliphatic carboxylic acids is 3. The van der Waals surface area contributed by atoms with Crippen LogP contribution in [0.3, 0.4) is 0 Å². The molecule has 0 bridgehead atoms. The monoisotopic (exact) mass is 836 g/mol. The van der Waals surface area contributed by atoms with Gasteiger partial charge in [-0.1, -0.05) is 47.5 Å². The molecule has 57 heavy (non-hydrogen) atoms. The van der Waals surface area contributed by atoms with Gasteiger partial charge in [0, 0.05) is 57.7 Å². The first-order chi connectivity index (χ1) is 26.9. The third kappa shape index (κ3) is 13.4. The lowest BCUT2D eigenvalue weighted by Crippen LogP contribution is -2.65. The highest BCUT2D eigenvalue weighted by atomic mass is 35.5. The lowest BCUT2D eigenvalue weighted by Gasteiger charge is -2.49. The molecule has 0 spiro atoms. The highest BCUT2D eigenvalue weighted by molar-refractivity contribution is 6.42. The Balaban J connectivity index is 0.000000573. The summed E-state index contributed by atoms with van der Waals surface area (Å²) in [4.78, 5) is 87.7. The molecule has 0 aliphatic carbocycles. The third-order valence-corrected chi connectivity index (χ3v) is 10.9. The van der Waals surface area contributed by atoms with E-state index in [1.165, 1.54) is 7.11 Å². The summed E-state index contributed by atoms with van der Waals surface area (Å²) in [7, 11) is 3.13. The Morgan fingerprint density at radius 3 is 2.11 bits per heavy atom. The number of carbonyl (C=O) groups is 7. The van der Waals surface area contributed by atoms with E-state index in [0.717, 1.165) is 31.4 Å². The molecule has 5 N–H and O–H groups in total. The molecule has 0 unspecified atom stereocenters. The molecule has 2 fully saturated rings. The molecule has 18 heteroatoms. The highest BCUT2D eigenvalue weighted by Crippen LogP contribution is 2.34. The van der Waals surface area contributed by atoms with Gasteiger partial charge in [-0.25, -0.2) is 4.79 Å². The standard InChI is InChI=1S/C33H42Cl2N4O5.C6H8O7/c1-37(31(42)24-8-4-3-5-9-24)23-26(25-11-12-27(34)28(35)22-25)14-19-38-20-15-33(16-21-38,39-18-7-6-10-29(39)40)32(43)36-17-13-30(41)44-2;7-3(8)1-6(13,5(11)12)2-4(9)10/h3-5,8-9,11-12,22,26H,6-7,10,13-21,23H2,1-2H3,(H,36,43);13H,1-2H2,(H,7,8)(H,9,10)(H,11,12)/t26-;/m1./s1. The van der Waals surface area contributed by atoms with Gasteiger partial charge in [-0.05, 0) is 68.5 Å². The summed E-state index contributed by atoms with van der Waals surface area (Å²) in [5, 5.41) is 37.7. The number of hydrogen-bond acceptors (Lipinski definition) is 10. The first-order valence-corrected chi connectivity index (χ1v) is 19.2. The quantitative estimate of drug-likeness (QED) is 0.144. The van der Waals surface area contributed by atoms with Crippen LogP contribution < -0.4 is 5.32 Å². The largest absolute Gasteiger partial charge is 0.481 e. The molecule has 3 amide bonds. The molecule has 16 nitrogen and oxygen atoms in total. The molecule has 312 valence electrons. The van der Waals surface area contributed by atoms with Crippen LogP contribution >= 0.6 is 23.2 Å². The minimum absolute atomic E-state index is 0.000551. The number of likely N-dealkylation sites (N-methyl/N-ethyl adjacent to an activating group) is 1. The molecule has 0 aromatic heterocycles. The number of carboxylic acids is 3. The van der Waals surface area contributed by atoms with Crippen LogP contribution in [-0.4, -0.2) is 141 Å². The van der Waals surface area contributed by atoms with E-state index in [1.54, 1.807) is 15.9 Å². The molecule has 2 aliphatic heterocycles. The molecule has 2 aliphatic rings. The Morgan fingerprint density at radius 1 is 0.930 bits per heavy atom. The summed E-state index contributed by atoms with van der Waals surface area (Å²) >= 11 is 12.6. The molecule has 2 heterocycles. The van der Waals surface area contributed by atoms with Crippen molar-refractivity contribution in [2.75, 3.05) is 53.4 Å². The van der Waals surface area contributed by atoms with Gasteiger partial charge in [0.1, 0.15) is 5.54 Å². The summed E-state index contributed by atoms with van der Waals surface area (Å²) in [5.74, 6) is -5.66. The number of nitrogens with zero attached hydrogens (tertiary/aromatic N) is 3. The van der Waals surface area contributed by atoms with Crippen LogP contribution in [-0.2, 0) is 33.5 Å². The number of likely N-dealkylation sites (tertiary alicyclic amines) is 2. The molecule has 1 atom stereocenters. The van der Waals surface area contributed by atoms with E-state index >= 15 is 0 Å². The van der Waals surface area contributed by atoms with Gasteiger partial charge in [-0.15, -0.1) is 0 Å². The molecule has 2 aromatic rings. The van der Waals surface area contributed by atoms with E-state index in [-0.39, 0.29) is 36.6 Å². The number of aliphatic hydroxyl groups is 1. The molecular weight excluding hydrogens is 787 g/mol. The Bertz CT molecular complexity index is 1740. The summed E-state index contributed by atoms with van der Waals surface area (Å²) in [5.41, 5.74) is -2.04. The molecule has 0 radical (unpaired) electrons. The average molecular weight is 838 g/mol. The van der Waals surface area contributed by atoms with Crippen LogP contribution in [0.5, 0.6) is 0 Å². The van der Waals surface area contributed by atoms with E-state index in [2.05, 4.69) is 10.2 Å². The summed E-state index contributed by atoms with van der Waals surface area (Å²) in [6.45, 7) is 3.24. The van der Waals surface area contributed by atoms with Gasteiger partial charge in [0.05, 0.1) is 36.4 Å². The Labute approximate surface area is 340 Å². The number of methoxy groups -OCH3 is 1. The maximum Gasteiger partial charge on any atom is 0.336 e. The molecule has 0 saturated carbocycles. The van der Waals surface area contributed by atoms with Crippen molar-refractivity contribution in [1.29, 1.82) is 0 Å². The number of ether oxygens (including phenoxy) is 1. The van der Waals surface area contributed by atoms with E-state index in [9.17, 15) is 33.6 Å². The lowest BCUT2D eigenvalue weighted by atomic mass is 9.82. The number of rotatable bonds is 17. The predicted molar refractivity (Wildman–Crippen MR) is 208 cm³/mol. The maximum absolute atomic E-state index is 13.6. The second-order valence-corrected chi connectivity index (χ2v) is 15.0. The van der Waals surface area contributed by atoms with Crippen LogP contribution in [0.1, 0.15) is 79.6 Å². The fraction of sp³-hybridized carbons (Fsp3) is 0.513. The van der Waals surface area contributed by atoms with Crippen molar-refractivity contribution >= 4 is 64.8 Å². The maximum atomic E-state index is 13.6. The van der Waals surface area contributed by atoms with Gasteiger partial charge in [-0.2, -0.15) is 0 Å². The zero-order valence-electron chi connectivity index (χ0n) is 32.0. The van der Waals surface area contributed by atoms with E-state index in [0.29, 0.717) is 61.1 Å². The minimum atomic E-state index is -2.74.